The SMILES string of the molecule is CCc1cc(C(=O)C(C)Cl)c2c(c1)C(C)(C)C(=O)N2. The second-order valence-corrected chi connectivity index (χ2v) is 6.13. The fourth-order valence-corrected chi connectivity index (χ4v) is 2.45. The minimum absolute atomic E-state index is 0.0768. The molecule has 0 aromatic heterocycles. The molecule has 0 spiro atoms. The molecule has 1 aromatic carbocycles. The van der Waals surface area contributed by atoms with Crippen molar-refractivity contribution in [2.75, 3.05) is 5.32 Å². The molecule has 0 aliphatic carbocycles. The Morgan fingerprint density at radius 3 is 2.58 bits per heavy atom. The molecule has 0 radical (unpaired) electrons. The average molecular weight is 280 g/mol. The molecule has 102 valence electrons. The summed E-state index contributed by atoms with van der Waals surface area (Å²) in [6, 6.07) is 3.84. The first-order valence-electron chi connectivity index (χ1n) is 6.46. The standard InChI is InChI=1S/C15H18ClNO2/c1-5-9-6-10(13(18)8(2)16)12-11(7-9)15(3,4)14(19)17-12/h6-8H,5H2,1-4H3,(H,17,19). The molecule has 0 saturated heterocycles. The second kappa shape index (κ2) is 4.64. The van der Waals surface area contributed by atoms with Gasteiger partial charge in [0.2, 0.25) is 5.91 Å². The Labute approximate surface area is 118 Å². The van der Waals surface area contributed by atoms with Gasteiger partial charge >= 0.3 is 0 Å². The van der Waals surface area contributed by atoms with Crippen LogP contribution in [0.1, 0.15) is 49.2 Å². The van der Waals surface area contributed by atoms with Crippen molar-refractivity contribution < 1.29 is 9.59 Å². The van der Waals surface area contributed by atoms with Gasteiger partial charge in [-0.1, -0.05) is 13.0 Å². The summed E-state index contributed by atoms with van der Waals surface area (Å²) >= 11 is 5.91. The smallest absolute Gasteiger partial charge is 0.234 e. The lowest BCUT2D eigenvalue weighted by Crippen LogP contribution is -2.26. The van der Waals surface area contributed by atoms with Crippen molar-refractivity contribution in [3.63, 3.8) is 0 Å². The van der Waals surface area contributed by atoms with Gasteiger partial charge in [0.05, 0.1) is 16.5 Å². The van der Waals surface area contributed by atoms with Crippen LogP contribution in [0.3, 0.4) is 0 Å². The summed E-state index contributed by atoms with van der Waals surface area (Å²) in [6.07, 6.45) is 0.814. The molecule has 19 heavy (non-hydrogen) atoms. The highest BCUT2D eigenvalue weighted by atomic mass is 35.5. The molecule has 1 amide bonds. The fourth-order valence-electron chi connectivity index (χ4n) is 2.33. The van der Waals surface area contributed by atoms with Gasteiger partial charge in [0.1, 0.15) is 0 Å². The Morgan fingerprint density at radius 2 is 2.05 bits per heavy atom. The molecule has 1 aliphatic rings. The van der Waals surface area contributed by atoms with Crippen molar-refractivity contribution in [3.8, 4) is 0 Å². The first-order valence-corrected chi connectivity index (χ1v) is 6.89. The summed E-state index contributed by atoms with van der Waals surface area (Å²) < 4.78 is 0. The van der Waals surface area contributed by atoms with Crippen molar-refractivity contribution >= 4 is 29.0 Å². The average Bonchev–Trinajstić information content (AvgIpc) is 2.58. The third-order valence-electron chi connectivity index (χ3n) is 3.71. The molecule has 4 heteroatoms. The third kappa shape index (κ3) is 2.16. The Bertz CT molecular complexity index is 562. The number of alkyl halides is 1. The van der Waals surface area contributed by atoms with Crippen molar-refractivity contribution in [2.24, 2.45) is 0 Å². The lowest BCUT2D eigenvalue weighted by atomic mass is 9.83. The summed E-state index contributed by atoms with van der Waals surface area (Å²) in [5.74, 6) is -0.224. The molecule has 0 fully saturated rings. The van der Waals surface area contributed by atoms with Crippen molar-refractivity contribution in [2.45, 2.75) is 44.9 Å². The van der Waals surface area contributed by atoms with Crippen LogP contribution in [0.15, 0.2) is 12.1 Å². The number of amides is 1. The van der Waals surface area contributed by atoms with E-state index in [1.165, 1.54) is 0 Å². The monoisotopic (exact) mass is 279 g/mol. The first-order chi connectivity index (χ1) is 8.78. The Balaban J connectivity index is 2.68. The molecule has 1 N–H and O–H groups in total. The van der Waals surface area contributed by atoms with Gasteiger partial charge in [-0.05, 0) is 44.4 Å². The largest absolute Gasteiger partial charge is 0.324 e. The van der Waals surface area contributed by atoms with E-state index >= 15 is 0 Å². The van der Waals surface area contributed by atoms with Crippen LogP contribution in [0.2, 0.25) is 0 Å². The molecule has 1 atom stereocenters. The zero-order chi connectivity index (χ0) is 14.4. The van der Waals surface area contributed by atoms with Gasteiger partial charge in [-0.15, -0.1) is 11.6 Å². The number of Topliss-reactive ketones (excluding diaryl/α,β-unsaturated/α-hetero) is 1. The molecule has 3 nitrogen and oxygen atoms in total. The number of hydrogen-bond donors (Lipinski definition) is 1. The summed E-state index contributed by atoms with van der Waals surface area (Å²) in [6.45, 7) is 7.41. The Kier molecular flexibility index (Phi) is 3.43. The zero-order valence-electron chi connectivity index (χ0n) is 11.6. The molecule has 1 aromatic rings. The second-order valence-electron chi connectivity index (χ2n) is 5.48. The van der Waals surface area contributed by atoms with Gasteiger partial charge < -0.3 is 5.32 Å². The van der Waals surface area contributed by atoms with E-state index in [1.807, 2.05) is 32.9 Å². The minimum atomic E-state index is -0.606. The molecule has 1 heterocycles. The minimum Gasteiger partial charge on any atom is -0.324 e. The number of rotatable bonds is 3. The Hall–Kier alpha value is -1.35. The highest BCUT2D eigenvalue weighted by Gasteiger charge is 2.40. The van der Waals surface area contributed by atoms with E-state index in [-0.39, 0.29) is 11.7 Å². The molecule has 1 unspecified atom stereocenters. The van der Waals surface area contributed by atoms with Crippen molar-refractivity contribution in [1.29, 1.82) is 0 Å². The Morgan fingerprint density at radius 1 is 1.42 bits per heavy atom. The highest BCUT2D eigenvalue weighted by molar-refractivity contribution is 6.34. The van der Waals surface area contributed by atoms with E-state index in [1.54, 1.807) is 6.92 Å². The lowest BCUT2D eigenvalue weighted by molar-refractivity contribution is -0.119. The first kappa shape index (κ1) is 14.1. The van der Waals surface area contributed by atoms with Crippen LogP contribution in [0.4, 0.5) is 5.69 Å². The normalized spacial score (nSPS) is 17.8. The quantitative estimate of drug-likeness (QED) is 0.682. The summed E-state index contributed by atoms with van der Waals surface area (Å²) in [5, 5.41) is 2.22. The van der Waals surface area contributed by atoms with Gasteiger partial charge in [0, 0.05) is 5.56 Å². The van der Waals surface area contributed by atoms with Crippen LogP contribution in [0.25, 0.3) is 0 Å². The van der Waals surface area contributed by atoms with Gasteiger partial charge in [-0.2, -0.15) is 0 Å². The van der Waals surface area contributed by atoms with E-state index in [0.29, 0.717) is 11.3 Å². The third-order valence-corrected chi connectivity index (χ3v) is 3.91. The van der Waals surface area contributed by atoms with Crippen LogP contribution < -0.4 is 5.32 Å². The number of carbonyl (C=O) groups excluding carboxylic acids is 2. The maximum Gasteiger partial charge on any atom is 0.234 e. The molecular formula is C15H18ClNO2. The molecular weight excluding hydrogens is 262 g/mol. The topological polar surface area (TPSA) is 46.2 Å². The van der Waals surface area contributed by atoms with Crippen molar-refractivity contribution in [1.82, 2.24) is 0 Å². The number of anilines is 1. The van der Waals surface area contributed by atoms with Gasteiger partial charge in [-0.25, -0.2) is 0 Å². The van der Waals surface area contributed by atoms with Crippen molar-refractivity contribution in [3.05, 3.63) is 28.8 Å². The predicted molar refractivity (Wildman–Crippen MR) is 77.1 cm³/mol. The number of aryl methyl sites for hydroxylation is 1. The van der Waals surface area contributed by atoms with Gasteiger partial charge in [0.25, 0.3) is 0 Å². The number of fused-ring (bicyclic) bond motifs is 1. The number of ketones is 1. The van der Waals surface area contributed by atoms with Gasteiger partial charge in [0.15, 0.2) is 5.78 Å². The number of carbonyl (C=O) groups is 2. The van der Waals surface area contributed by atoms with Crippen LogP contribution >= 0.6 is 11.6 Å². The predicted octanol–water partition coefficient (Wildman–Crippen LogP) is 3.29. The van der Waals surface area contributed by atoms with E-state index in [4.69, 9.17) is 11.6 Å². The van der Waals surface area contributed by atoms with Gasteiger partial charge in [-0.3, -0.25) is 9.59 Å². The number of benzene rings is 1. The molecule has 0 saturated carbocycles. The molecule has 1 aliphatic heterocycles. The summed E-state index contributed by atoms with van der Waals surface area (Å²) in [7, 11) is 0. The van der Waals surface area contributed by atoms with E-state index in [2.05, 4.69) is 5.32 Å². The maximum atomic E-state index is 12.2. The molecule has 0 bridgehead atoms. The summed E-state index contributed by atoms with van der Waals surface area (Å²) in [5.41, 5.74) is 2.48. The number of halogens is 1. The van der Waals surface area contributed by atoms with E-state index in [9.17, 15) is 9.59 Å². The van der Waals surface area contributed by atoms with E-state index in [0.717, 1.165) is 17.5 Å². The van der Waals surface area contributed by atoms with Crippen LogP contribution in [-0.2, 0) is 16.6 Å². The van der Waals surface area contributed by atoms with Crippen LogP contribution in [0, 0.1) is 0 Å². The fraction of sp³-hybridized carbons (Fsp3) is 0.467. The zero-order valence-corrected chi connectivity index (χ0v) is 12.4. The van der Waals surface area contributed by atoms with E-state index < -0.39 is 10.8 Å². The number of nitrogens with one attached hydrogen (secondary N) is 1. The van der Waals surface area contributed by atoms with Crippen LogP contribution in [0.5, 0.6) is 0 Å². The maximum absolute atomic E-state index is 12.2. The van der Waals surface area contributed by atoms with Crippen LogP contribution in [-0.4, -0.2) is 17.1 Å². The molecule has 2 rings (SSSR count). The highest BCUT2D eigenvalue weighted by Crippen LogP contribution is 2.40. The number of hydrogen-bond acceptors (Lipinski definition) is 2. The summed E-state index contributed by atoms with van der Waals surface area (Å²) in [4.78, 5) is 24.2. The lowest BCUT2D eigenvalue weighted by Gasteiger charge is -2.17.